The fraction of sp³-hybridized carbons (Fsp3) is 0.333. The number of rotatable bonds is 2. The maximum Gasteiger partial charge on any atom is 0.422 e. The van der Waals surface area contributed by atoms with Gasteiger partial charge in [-0.1, -0.05) is 0 Å². The summed E-state index contributed by atoms with van der Waals surface area (Å²) in [6, 6.07) is 2.40. The van der Waals surface area contributed by atoms with E-state index >= 15 is 0 Å². The van der Waals surface area contributed by atoms with Gasteiger partial charge in [0.1, 0.15) is 17.2 Å². The lowest BCUT2D eigenvalue weighted by molar-refractivity contribution is -0.150. The molecule has 0 aliphatic carbocycles. The molecule has 0 spiro atoms. The molecule has 0 saturated heterocycles. The van der Waals surface area contributed by atoms with Crippen LogP contribution in [0.2, 0.25) is 0 Å². The van der Waals surface area contributed by atoms with Gasteiger partial charge in [-0.05, 0) is 32.9 Å². The highest BCUT2D eigenvalue weighted by Gasteiger charge is 2.29. The van der Waals surface area contributed by atoms with Gasteiger partial charge >= 0.3 is 11.7 Å². The van der Waals surface area contributed by atoms with E-state index in [0.29, 0.717) is 6.07 Å². The fourth-order valence-electron chi connectivity index (χ4n) is 1.23. The van der Waals surface area contributed by atoms with E-state index in [1.165, 1.54) is 0 Å². The molecule has 1 aromatic rings. The number of esters is 1. The van der Waals surface area contributed by atoms with E-state index in [2.05, 4.69) is 4.79 Å². The molecule has 0 amide bonds. The molecule has 0 radical (unpaired) electrons. The van der Waals surface area contributed by atoms with Crippen LogP contribution in [-0.2, 0) is 9.53 Å². The van der Waals surface area contributed by atoms with Crippen molar-refractivity contribution in [2.24, 2.45) is 0 Å². The quantitative estimate of drug-likeness (QED) is 0.352. The van der Waals surface area contributed by atoms with Crippen LogP contribution in [0.4, 0.5) is 8.78 Å². The molecule has 0 aliphatic heterocycles. The zero-order chi connectivity index (χ0) is 13.9. The lowest BCUT2D eigenvalue weighted by Crippen LogP contribution is -2.30. The van der Waals surface area contributed by atoms with E-state index in [0.717, 1.165) is 12.1 Å². The average Bonchev–Trinajstić information content (AvgIpc) is 2.13. The second-order valence-electron chi connectivity index (χ2n) is 4.61. The largest absolute Gasteiger partial charge is 0.451 e. The third-order valence-corrected chi connectivity index (χ3v) is 1.83. The van der Waals surface area contributed by atoms with Crippen molar-refractivity contribution in [1.29, 1.82) is 0 Å². The van der Waals surface area contributed by atoms with Crippen molar-refractivity contribution in [3.63, 3.8) is 0 Å². The first kappa shape index (κ1) is 14.0. The maximum atomic E-state index is 13.0. The Bertz CT molecular complexity index is 509. The number of ether oxygens (including phenoxy) is 1. The number of benzene rings is 1. The highest BCUT2D eigenvalue weighted by molar-refractivity contribution is 6.40. The van der Waals surface area contributed by atoms with Crippen LogP contribution in [0.15, 0.2) is 18.2 Å². The molecule has 0 saturated carbocycles. The molecule has 1 aromatic carbocycles. The molecule has 96 valence electrons. The van der Waals surface area contributed by atoms with Gasteiger partial charge in [0, 0.05) is 6.07 Å². The summed E-state index contributed by atoms with van der Waals surface area (Å²) in [7, 11) is 0. The van der Waals surface area contributed by atoms with Crippen LogP contribution in [0.1, 0.15) is 26.3 Å². The first-order chi connectivity index (χ1) is 8.23. The van der Waals surface area contributed by atoms with E-state index in [4.69, 9.17) is 10.3 Å². The van der Waals surface area contributed by atoms with Gasteiger partial charge in [-0.3, -0.25) is 0 Å². The minimum Gasteiger partial charge on any atom is -0.451 e. The summed E-state index contributed by atoms with van der Waals surface area (Å²) in [6.07, 6.45) is 0. The van der Waals surface area contributed by atoms with Crippen molar-refractivity contribution in [3.05, 3.63) is 40.9 Å². The van der Waals surface area contributed by atoms with E-state index < -0.39 is 28.9 Å². The Balaban J connectivity index is 3.12. The van der Waals surface area contributed by atoms with Gasteiger partial charge in [-0.25, -0.2) is 13.6 Å². The van der Waals surface area contributed by atoms with Crippen LogP contribution in [-0.4, -0.2) is 22.1 Å². The Morgan fingerprint density at radius 3 is 2.11 bits per heavy atom. The van der Waals surface area contributed by atoms with Gasteiger partial charge in [0.15, 0.2) is 0 Å². The summed E-state index contributed by atoms with van der Waals surface area (Å²) < 4.78 is 30.9. The monoisotopic (exact) mass is 254 g/mol. The average molecular weight is 254 g/mol. The molecular weight excluding hydrogens is 242 g/mol. The minimum absolute atomic E-state index is 0.191. The number of hydrogen-bond donors (Lipinski definition) is 0. The number of carbonyl (C=O) groups is 1. The number of halogens is 2. The highest BCUT2D eigenvalue weighted by Crippen LogP contribution is 2.12. The van der Waals surface area contributed by atoms with E-state index in [9.17, 15) is 13.6 Å². The van der Waals surface area contributed by atoms with Gasteiger partial charge in [0.05, 0.1) is 5.56 Å². The third-order valence-electron chi connectivity index (χ3n) is 1.83. The molecule has 18 heavy (non-hydrogen) atoms. The zero-order valence-electron chi connectivity index (χ0n) is 10.2. The van der Waals surface area contributed by atoms with Crippen molar-refractivity contribution in [2.75, 3.05) is 0 Å². The van der Waals surface area contributed by atoms with Crippen LogP contribution in [0.25, 0.3) is 5.53 Å². The molecule has 0 aromatic heterocycles. The number of hydrogen-bond acceptors (Lipinski definition) is 2. The van der Waals surface area contributed by atoms with Crippen LogP contribution in [0, 0.1) is 11.6 Å². The molecule has 4 nitrogen and oxygen atoms in total. The summed E-state index contributed by atoms with van der Waals surface area (Å²) in [4.78, 5) is 14.4. The molecule has 0 fully saturated rings. The molecular formula is C12H12F2N2O2. The number of nitrogens with zero attached hydrogens (tertiary/aromatic N) is 2. The molecule has 1 rings (SSSR count). The van der Waals surface area contributed by atoms with Gasteiger partial charge in [-0.15, -0.1) is 0 Å². The first-order valence-corrected chi connectivity index (χ1v) is 5.15. The van der Waals surface area contributed by atoms with E-state index in [-0.39, 0.29) is 5.56 Å². The molecule has 0 atom stereocenters. The SMILES string of the molecule is CC(C)(C)OC(=O)C(=[N+]=[N-])c1cc(F)cc(F)c1. The smallest absolute Gasteiger partial charge is 0.422 e. The van der Waals surface area contributed by atoms with Crippen molar-refractivity contribution < 1.29 is 23.1 Å². The van der Waals surface area contributed by atoms with Crippen molar-refractivity contribution in [2.45, 2.75) is 26.4 Å². The molecule has 0 aliphatic rings. The topological polar surface area (TPSA) is 62.7 Å². The van der Waals surface area contributed by atoms with Crippen LogP contribution in [0.5, 0.6) is 0 Å². The van der Waals surface area contributed by atoms with Gasteiger partial charge in [-0.2, -0.15) is 4.79 Å². The van der Waals surface area contributed by atoms with Crippen molar-refractivity contribution in [3.8, 4) is 0 Å². The zero-order valence-corrected chi connectivity index (χ0v) is 10.2. The Morgan fingerprint density at radius 1 is 1.22 bits per heavy atom. The summed E-state index contributed by atoms with van der Waals surface area (Å²) in [6.45, 7) is 4.85. The van der Waals surface area contributed by atoms with Gasteiger partial charge < -0.3 is 10.3 Å². The molecule has 0 unspecified atom stereocenters. The third kappa shape index (κ3) is 3.75. The fourth-order valence-corrected chi connectivity index (χ4v) is 1.23. The summed E-state index contributed by atoms with van der Waals surface area (Å²) >= 11 is 0. The molecule has 0 heterocycles. The Morgan fingerprint density at radius 2 is 1.72 bits per heavy atom. The van der Waals surface area contributed by atoms with Crippen molar-refractivity contribution in [1.82, 2.24) is 0 Å². The highest BCUT2D eigenvalue weighted by atomic mass is 19.1. The lowest BCUT2D eigenvalue weighted by Gasteiger charge is -2.17. The Kier molecular flexibility index (Phi) is 3.93. The van der Waals surface area contributed by atoms with Gasteiger partial charge in [0.25, 0.3) is 0 Å². The van der Waals surface area contributed by atoms with Crippen LogP contribution in [0.3, 0.4) is 0 Å². The molecule has 6 heteroatoms. The Labute approximate surface area is 103 Å². The van der Waals surface area contributed by atoms with Crippen molar-refractivity contribution >= 4 is 11.7 Å². The lowest BCUT2D eigenvalue weighted by atomic mass is 10.1. The maximum absolute atomic E-state index is 13.0. The summed E-state index contributed by atoms with van der Waals surface area (Å²) in [5.41, 5.74) is 7.22. The molecule has 0 N–H and O–H groups in total. The predicted octanol–water partition coefficient (Wildman–Crippen LogP) is 2.33. The van der Waals surface area contributed by atoms with Gasteiger partial charge in [0.2, 0.25) is 0 Å². The standard InChI is InChI=1S/C12H12F2N2O2/c1-12(2,3)18-11(17)10(16-15)7-4-8(13)6-9(14)5-7/h4-6H,1-3H3. The second-order valence-corrected chi connectivity index (χ2v) is 4.61. The predicted molar refractivity (Wildman–Crippen MR) is 59.9 cm³/mol. The normalized spacial score (nSPS) is 10.7. The van der Waals surface area contributed by atoms with Crippen LogP contribution < -0.4 is 0 Å². The second kappa shape index (κ2) is 5.06. The minimum atomic E-state index is -0.963. The molecule has 0 bridgehead atoms. The summed E-state index contributed by atoms with van der Waals surface area (Å²) in [5.74, 6) is -2.72. The van der Waals surface area contributed by atoms with E-state index in [1.54, 1.807) is 20.8 Å². The Hall–Kier alpha value is -2.07. The van der Waals surface area contributed by atoms with Crippen LogP contribution >= 0.6 is 0 Å². The first-order valence-electron chi connectivity index (χ1n) is 5.15. The van der Waals surface area contributed by atoms with E-state index in [1.807, 2.05) is 0 Å². The number of carbonyl (C=O) groups excluding carboxylic acids is 1. The summed E-state index contributed by atoms with van der Waals surface area (Å²) in [5, 5.41) is 0.